The molecule has 0 radical (unpaired) electrons. The van der Waals surface area contributed by atoms with E-state index in [9.17, 15) is 24.2 Å². The molecule has 1 unspecified atom stereocenters. The summed E-state index contributed by atoms with van der Waals surface area (Å²) in [6, 6.07) is 5.77. The zero-order chi connectivity index (χ0) is 28.5. The third-order valence-corrected chi connectivity index (χ3v) is 7.18. The molecular formula is C28H42FN5O5. The van der Waals surface area contributed by atoms with E-state index in [1.54, 1.807) is 30.2 Å². The van der Waals surface area contributed by atoms with Gasteiger partial charge < -0.3 is 24.7 Å². The van der Waals surface area contributed by atoms with Gasteiger partial charge in [0.05, 0.1) is 17.8 Å². The van der Waals surface area contributed by atoms with Crippen molar-refractivity contribution in [3.63, 3.8) is 0 Å². The van der Waals surface area contributed by atoms with E-state index in [0.29, 0.717) is 44.5 Å². The highest BCUT2D eigenvalue weighted by molar-refractivity contribution is 5.93. The standard InChI is InChI=1S/C28H42FN5O5/c1-5-10-25(35)20-15-21(18-32(17-20)28(37)38)33(16-19(2)3)27(36)26-24(13-8-9-14-39-4)34(31-30-26)23-12-7-6-11-22(23)29/h6-7,11-12,19-21,25,35H,5,8-10,13-18H2,1-4H3,(H,37,38)/t20-,21+,25?/m1/s1. The first-order valence-corrected chi connectivity index (χ1v) is 13.8. The molecule has 10 nitrogen and oxygen atoms in total. The number of rotatable bonds is 13. The zero-order valence-electron chi connectivity index (χ0n) is 23.4. The largest absolute Gasteiger partial charge is 0.465 e. The topological polar surface area (TPSA) is 121 Å². The van der Waals surface area contributed by atoms with Gasteiger partial charge in [0.1, 0.15) is 11.5 Å². The number of ether oxygens (including phenoxy) is 1. The van der Waals surface area contributed by atoms with Crippen molar-refractivity contribution in [2.75, 3.05) is 33.4 Å². The van der Waals surface area contributed by atoms with E-state index in [1.807, 2.05) is 20.8 Å². The molecule has 2 heterocycles. The molecular weight excluding hydrogens is 505 g/mol. The van der Waals surface area contributed by atoms with E-state index in [4.69, 9.17) is 4.74 Å². The Morgan fingerprint density at radius 1 is 1.23 bits per heavy atom. The molecule has 1 aliphatic rings. The number of para-hydroxylation sites is 1. The summed E-state index contributed by atoms with van der Waals surface area (Å²) in [4.78, 5) is 29.1. The zero-order valence-corrected chi connectivity index (χ0v) is 23.4. The molecule has 0 saturated carbocycles. The lowest BCUT2D eigenvalue weighted by molar-refractivity contribution is 0.00555. The number of carbonyl (C=O) groups is 2. The van der Waals surface area contributed by atoms with Crippen molar-refractivity contribution < 1.29 is 28.9 Å². The number of methoxy groups -OCH3 is 1. The van der Waals surface area contributed by atoms with Gasteiger partial charge in [-0.2, -0.15) is 0 Å². The fourth-order valence-electron chi connectivity index (χ4n) is 5.28. The Morgan fingerprint density at radius 3 is 2.62 bits per heavy atom. The van der Waals surface area contributed by atoms with Crippen LogP contribution in [-0.4, -0.2) is 92.5 Å². The average molecular weight is 548 g/mol. The summed E-state index contributed by atoms with van der Waals surface area (Å²) in [6.07, 6.45) is 1.95. The summed E-state index contributed by atoms with van der Waals surface area (Å²) in [7, 11) is 1.62. The molecule has 1 fully saturated rings. The van der Waals surface area contributed by atoms with E-state index in [-0.39, 0.29) is 42.2 Å². The van der Waals surface area contributed by atoms with Gasteiger partial charge >= 0.3 is 6.09 Å². The first kappa shape index (κ1) is 30.5. The Labute approximate surface area is 229 Å². The fraction of sp³-hybridized carbons (Fsp3) is 0.643. The van der Waals surface area contributed by atoms with Crippen LogP contribution in [0.4, 0.5) is 9.18 Å². The number of aliphatic hydroxyl groups excluding tert-OH is 1. The summed E-state index contributed by atoms with van der Waals surface area (Å²) in [6.45, 7) is 7.26. The number of unbranched alkanes of at least 4 members (excludes halogenated alkanes) is 1. The molecule has 1 saturated heterocycles. The van der Waals surface area contributed by atoms with Gasteiger partial charge in [0.2, 0.25) is 0 Å². The normalized spacial score (nSPS) is 18.4. The van der Waals surface area contributed by atoms with E-state index in [2.05, 4.69) is 10.3 Å². The highest BCUT2D eigenvalue weighted by atomic mass is 19.1. The molecule has 3 atom stereocenters. The smallest absolute Gasteiger partial charge is 0.407 e. The van der Waals surface area contributed by atoms with Gasteiger partial charge in [-0.05, 0) is 50.2 Å². The van der Waals surface area contributed by atoms with Crippen LogP contribution in [0.5, 0.6) is 0 Å². The Hall–Kier alpha value is -3.05. The number of piperidine rings is 1. The Balaban J connectivity index is 2.00. The van der Waals surface area contributed by atoms with Crippen LogP contribution in [0.15, 0.2) is 24.3 Å². The second-order valence-electron chi connectivity index (χ2n) is 10.7. The molecule has 0 bridgehead atoms. The van der Waals surface area contributed by atoms with Gasteiger partial charge in [-0.1, -0.05) is 44.5 Å². The molecule has 2 N–H and O–H groups in total. The van der Waals surface area contributed by atoms with E-state index >= 15 is 0 Å². The fourth-order valence-corrected chi connectivity index (χ4v) is 5.28. The highest BCUT2D eigenvalue weighted by Crippen LogP contribution is 2.28. The van der Waals surface area contributed by atoms with Crippen LogP contribution < -0.4 is 0 Å². The number of benzene rings is 1. The van der Waals surface area contributed by atoms with Crippen molar-refractivity contribution in [3.05, 3.63) is 41.5 Å². The maximum absolute atomic E-state index is 14.7. The first-order chi connectivity index (χ1) is 18.7. The molecule has 1 aromatic carbocycles. The summed E-state index contributed by atoms with van der Waals surface area (Å²) in [5.74, 6) is -1.03. The van der Waals surface area contributed by atoms with Crippen molar-refractivity contribution in [2.45, 2.75) is 71.4 Å². The second kappa shape index (κ2) is 14.4. The van der Waals surface area contributed by atoms with Crippen LogP contribution in [-0.2, 0) is 11.2 Å². The third-order valence-electron chi connectivity index (χ3n) is 7.18. The summed E-state index contributed by atoms with van der Waals surface area (Å²) in [5.41, 5.74) is 0.844. The van der Waals surface area contributed by atoms with Crippen LogP contribution in [0.3, 0.4) is 0 Å². The SMILES string of the molecule is CCCC(O)[C@@H]1C[C@H](N(CC(C)C)C(=O)c2nnn(-c3ccccc3F)c2CCCCOC)CN(C(=O)O)C1. The van der Waals surface area contributed by atoms with E-state index < -0.39 is 24.1 Å². The monoisotopic (exact) mass is 547 g/mol. The molecule has 1 aliphatic heterocycles. The van der Waals surface area contributed by atoms with Crippen molar-refractivity contribution in [1.82, 2.24) is 24.8 Å². The first-order valence-electron chi connectivity index (χ1n) is 13.8. The molecule has 216 valence electrons. The minimum atomic E-state index is -1.07. The average Bonchev–Trinajstić information content (AvgIpc) is 3.32. The maximum Gasteiger partial charge on any atom is 0.407 e. The van der Waals surface area contributed by atoms with Gasteiger partial charge in [-0.3, -0.25) is 4.79 Å². The predicted octanol–water partition coefficient (Wildman–Crippen LogP) is 4.00. The second-order valence-corrected chi connectivity index (χ2v) is 10.7. The molecule has 0 spiro atoms. The van der Waals surface area contributed by atoms with Gasteiger partial charge in [-0.25, -0.2) is 13.9 Å². The number of aliphatic hydroxyl groups is 1. The number of carboxylic acid groups (broad SMARTS) is 1. The number of nitrogens with zero attached hydrogens (tertiary/aromatic N) is 5. The molecule has 11 heteroatoms. The van der Waals surface area contributed by atoms with Crippen LogP contribution in [0.25, 0.3) is 5.69 Å². The van der Waals surface area contributed by atoms with E-state index in [1.165, 1.54) is 15.6 Å². The lowest BCUT2D eigenvalue weighted by atomic mass is 9.86. The summed E-state index contributed by atoms with van der Waals surface area (Å²) < 4.78 is 21.3. The van der Waals surface area contributed by atoms with Crippen molar-refractivity contribution in [3.8, 4) is 5.69 Å². The van der Waals surface area contributed by atoms with Gasteiger partial charge in [-0.15, -0.1) is 5.10 Å². The van der Waals surface area contributed by atoms with E-state index in [0.717, 1.165) is 12.8 Å². The Bertz CT molecular complexity index is 1090. The molecule has 2 amide bonds. The predicted molar refractivity (Wildman–Crippen MR) is 144 cm³/mol. The Kier molecular flexibility index (Phi) is 11.2. The summed E-state index contributed by atoms with van der Waals surface area (Å²) >= 11 is 0. The van der Waals surface area contributed by atoms with Gasteiger partial charge in [0, 0.05) is 39.3 Å². The highest BCUT2D eigenvalue weighted by Gasteiger charge is 2.39. The number of halogens is 1. The van der Waals surface area contributed by atoms with Crippen LogP contribution in [0, 0.1) is 17.7 Å². The van der Waals surface area contributed by atoms with Crippen LogP contribution in [0.2, 0.25) is 0 Å². The minimum Gasteiger partial charge on any atom is -0.465 e. The van der Waals surface area contributed by atoms with Crippen LogP contribution in [0.1, 0.15) is 69.1 Å². The lowest BCUT2D eigenvalue weighted by Gasteiger charge is -2.43. The molecule has 39 heavy (non-hydrogen) atoms. The lowest BCUT2D eigenvalue weighted by Crippen LogP contribution is -2.56. The van der Waals surface area contributed by atoms with Crippen molar-refractivity contribution in [2.24, 2.45) is 11.8 Å². The third kappa shape index (κ3) is 7.76. The number of amides is 2. The molecule has 0 aliphatic carbocycles. The Morgan fingerprint density at radius 2 is 1.97 bits per heavy atom. The summed E-state index contributed by atoms with van der Waals surface area (Å²) in [5, 5.41) is 29.0. The molecule has 2 aromatic rings. The number of hydrogen-bond acceptors (Lipinski definition) is 6. The van der Waals surface area contributed by atoms with Gasteiger partial charge in [0.25, 0.3) is 5.91 Å². The molecule has 3 rings (SSSR count). The quantitative estimate of drug-likeness (QED) is 0.364. The minimum absolute atomic E-state index is 0.0972. The van der Waals surface area contributed by atoms with Crippen LogP contribution >= 0.6 is 0 Å². The number of carbonyl (C=O) groups excluding carboxylic acids is 1. The van der Waals surface area contributed by atoms with Crippen molar-refractivity contribution >= 4 is 12.0 Å². The maximum atomic E-state index is 14.7. The number of aromatic nitrogens is 3. The van der Waals surface area contributed by atoms with Gasteiger partial charge in [0.15, 0.2) is 5.69 Å². The number of hydrogen-bond donors (Lipinski definition) is 2. The number of likely N-dealkylation sites (tertiary alicyclic amines) is 1. The molecule has 1 aromatic heterocycles. The van der Waals surface area contributed by atoms with Crippen molar-refractivity contribution in [1.29, 1.82) is 0 Å².